The highest BCUT2D eigenvalue weighted by atomic mass is 32.2. The molecular weight excluding hydrogens is 360 g/mol. The van der Waals surface area contributed by atoms with Gasteiger partial charge in [0.15, 0.2) is 11.0 Å². The third-order valence-corrected chi connectivity index (χ3v) is 5.19. The minimum absolute atomic E-state index is 0.0686. The van der Waals surface area contributed by atoms with Crippen molar-refractivity contribution >= 4 is 23.4 Å². The molecule has 3 rings (SSSR count). The number of carbonyl (C=O) groups is 1. The Bertz CT molecular complexity index is 951. The molecule has 0 atom stereocenters. The first-order chi connectivity index (χ1) is 13.0. The number of hydrogen-bond donors (Lipinski definition) is 1. The van der Waals surface area contributed by atoms with Crippen molar-refractivity contribution in [3.63, 3.8) is 0 Å². The monoisotopic (exact) mass is 382 g/mol. The van der Waals surface area contributed by atoms with Gasteiger partial charge >= 0.3 is 0 Å². The van der Waals surface area contributed by atoms with Gasteiger partial charge in [0.25, 0.3) is 0 Å². The Kier molecular flexibility index (Phi) is 5.81. The molecule has 0 saturated carbocycles. The first-order valence-corrected chi connectivity index (χ1v) is 9.50. The van der Waals surface area contributed by atoms with Crippen LogP contribution in [0.15, 0.2) is 47.6 Å². The molecule has 0 bridgehead atoms. The van der Waals surface area contributed by atoms with E-state index in [2.05, 4.69) is 15.5 Å². The van der Waals surface area contributed by atoms with Crippen molar-refractivity contribution in [2.75, 3.05) is 18.2 Å². The second kappa shape index (κ2) is 8.26. The summed E-state index contributed by atoms with van der Waals surface area (Å²) in [6.07, 6.45) is 0. The number of aromatic nitrogens is 3. The van der Waals surface area contributed by atoms with E-state index in [0.29, 0.717) is 5.16 Å². The fourth-order valence-corrected chi connectivity index (χ4v) is 3.41. The zero-order valence-electron chi connectivity index (χ0n) is 15.8. The molecule has 0 fully saturated rings. The summed E-state index contributed by atoms with van der Waals surface area (Å²) in [7, 11) is 3.53. The van der Waals surface area contributed by atoms with Gasteiger partial charge in [-0.1, -0.05) is 29.5 Å². The number of rotatable bonds is 6. The van der Waals surface area contributed by atoms with Crippen LogP contribution in [0.25, 0.3) is 11.4 Å². The second-order valence-corrected chi connectivity index (χ2v) is 7.19. The van der Waals surface area contributed by atoms with Gasteiger partial charge in [-0.25, -0.2) is 0 Å². The van der Waals surface area contributed by atoms with E-state index >= 15 is 0 Å². The molecule has 1 N–H and O–H groups in total. The minimum atomic E-state index is -0.0686. The molecule has 1 amide bonds. The minimum Gasteiger partial charge on any atom is -0.497 e. The number of anilines is 1. The Morgan fingerprint density at radius 1 is 1.15 bits per heavy atom. The van der Waals surface area contributed by atoms with E-state index in [0.717, 1.165) is 28.4 Å². The average molecular weight is 382 g/mol. The van der Waals surface area contributed by atoms with Crippen LogP contribution in [0.3, 0.4) is 0 Å². The summed E-state index contributed by atoms with van der Waals surface area (Å²) in [5, 5.41) is 12.1. The summed E-state index contributed by atoms with van der Waals surface area (Å²) in [4.78, 5) is 12.3. The van der Waals surface area contributed by atoms with Gasteiger partial charge in [-0.15, -0.1) is 10.2 Å². The van der Waals surface area contributed by atoms with E-state index in [1.54, 1.807) is 7.11 Å². The Balaban J connectivity index is 1.64. The molecule has 1 heterocycles. The normalized spacial score (nSPS) is 10.7. The lowest BCUT2D eigenvalue weighted by atomic mass is 10.1. The van der Waals surface area contributed by atoms with Crippen LogP contribution in [0.2, 0.25) is 0 Å². The second-order valence-electron chi connectivity index (χ2n) is 6.25. The molecule has 7 heteroatoms. The fraction of sp³-hybridized carbons (Fsp3) is 0.250. The summed E-state index contributed by atoms with van der Waals surface area (Å²) in [5.74, 6) is 1.73. The molecule has 0 radical (unpaired) electrons. The lowest BCUT2D eigenvalue weighted by Gasteiger charge is -2.09. The van der Waals surface area contributed by atoms with Crippen molar-refractivity contribution in [3.8, 4) is 17.1 Å². The highest BCUT2D eigenvalue weighted by Gasteiger charge is 2.13. The molecule has 0 aliphatic heterocycles. The molecular formula is C20H22N4O2S. The van der Waals surface area contributed by atoms with E-state index in [1.807, 2.05) is 67.9 Å². The maximum absolute atomic E-state index is 12.3. The Morgan fingerprint density at radius 2 is 1.89 bits per heavy atom. The summed E-state index contributed by atoms with van der Waals surface area (Å²) in [5.41, 5.74) is 4.00. The van der Waals surface area contributed by atoms with Crippen molar-refractivity contribution in [2.45, 2.75) is 19.0 Å². The first kappa shape index (κ1) is 19.0. The number of carbonyl (C=O) groups excluding carboxylic acids is 1. The van der Waals surface area contributed by atoms with E-state index in [1.165, 1.54) is 17.3 Å². The highest BCUT2D eigenvalue weighted by Crippen LogP contribution is 2.24. The topological polar surface area (TPSA) is 69.0 Å². The smallest absolute Gasteiger partial charge is 0.234 e. The maximum atomic E-state index is 12.3. The third kappa shape index (κ3) is 4.49. The van der Waals surface area contributed by atoms with Gasteiger partial charge in [-0.2, -0.15) is 0 Å². The van der Waals surface area contributed by atoms with Crippen LogP contribution in [-0.4, -0.2) is 33.5 Å². The van der Waals surface area contributed by atoms with Crippen LogP contribution in [0, 0.1) is 13.8 Å². The molecule has 0 saturated heterocycles. The van der Waals surface area contributed by atoms with Crippen LogP contribution >= 0.6 is 11.8 Å². The van der Waals surface area contributed by atoms with Crippen molar-refractivity contribution in [3.05, 3.63) is 53.6 Å². The van der Waals surface area contributed by atoms with Crippen molar-refractivity contribution in [1.29, 1.82) is 0 Å². The number of amides is 1. The van der Waals surface area contributed by atoms with E-state index in [9.17, 15) is 4.79 Å². The Hall–Kier alpha value is -2.80. The quantitative estimate of drug-likeness (QED) is 0.656. The average Bonchev–Trinajstić information content (AvgIpc) is 3.03. The number of ether oxygens (including phenoxy) is 1. The molecule has 27 heavy (non-hydrogen) atoms. The van der Waals surface area contributed by atoms with Crippen molar-refractivity contribution < 1.29 is 9.53 Å². The van der Waals surface area contributed by atoms with Gasteiger partial charge in [0.2, 0.25) is 5.91 Å². The number of nitrogens with zero attached hydrogens (tertiary/aromatic N) is 3. The third-order valence-electron chi connectivity index (χ3n) is 4.17. The molecule has 1 aromatic heterocycles. The van der Waals surface area contributed by atoms with Crippen LogP contribution < -0.4 is 10.1 Å². The molecule has 0 aliphatic carbocycles. The van der Waals surface area contributed by atoms with Crippen molar-refractivity contribution in [1.82, 2.24) is 14.8 Å². The number of thioether (sulfide) groups is 1. The number of hydrogen-bond acceptors (Lipinski definition) is 5. The van der Waals surface area contributed by atoms with Gasteiger partial charge in [-0.3, -0.25) is 4.79 Å². The van der Waals surface area contributed by atoms with E-state index < -0.39 is 0 Å². The molecule has 6 nitrogen and oxygen atoms in total. The zero-order chi connectivity index (χ0) is 19.4. The summed E-state index contributed by atoms with van der Waals surface area (Å²) >= 11 is 1.36. The highest BCUT2D eigenvalue weighted by molar-refractivity contribution is 7.99. The fourth-order valence-electron chi connectivity index (χ4n) is 2.70. The van der Waals surface area contributed by atoms with Gasteiger partial charge in [-0.05, 0) is 49.7 Å². The van der Waals surface area contributed by atoms with Gasteiger partial charge < -0.3 is 14.6 Å². The summed E-state index contributed by atoms with van der Waals surface area (Å²) in [6, 6.07) is 13.6. The largest absolute Gasteiger partial charge is 0.497 e. The molecule has 140 valence electrons. The summed E-state index contributed by atoms with van der Waals surface area (Å²) < 4.78 is 7.06. The molecule has 0 aliphatic rings. The molecule has 0 spiro atoms. The summed E-state index contributed by atoms with van der Waals surface area (Å²) in [6.45, 7) is 4.02. The van der Waals surface area contributed by atoms with Crippen LogP contribution in [0.5, 0.6) is 5.75 Å². The van der Waals surface area contributed by atoms with Crippen LogP contribution in [0.1, 0.15) is 11.1 Å². The predicted molar refractivity (Wildman–Crippen MR) is 108 cm³/mol. The Labute approximate surface area is 163 Å². The number of methoxy groups -OCH3 is 1. The maximum Gasteiger partial charge on any atom is 0.234 e. The zero-order valence-corrected chi connectivity index (χ0v) is 16.6. The van der Waals surface area contributed by atoms with Gasteiger partial charge in [0.05, 0.1) is 12.9 Å². The predicted octanol–water partition coefficient (Wildman–Crippen LogP) is 3.84. The first-order valence-electron chi connectivity index (χ1n) is 8.51. The van der Waals surface area contributed by atoms with Crippen molar-refractivity contribution in [2.24, 2.45) is 7.05 Å². The Morgan fingerprint density at radius 3 is 2.56 bits per heavy atom. The van der Waals surface area contributed by atoms with Crippen LogP contribution in [-0.2, 0) is 11.8 Å². The molecule has 3 aromatic rings. The number of aryl methyl sites for hydroxylation is 2. The van der Waals surface area contributed by atoms with Crippen LogP contribution in [0.4, 0.5) is 5.69 Å². The molecule has 2 aromatic carbocycles. The number of nitrogens with one attached hydrogen (secondary N) is 1. The lowest BCUT2D eigenvalue weighted by Crippen LogP contribution is -2.15. The van der Waals surface area contributed by atoms with E-state index in [4.69, 9.17) is 4.74 Å². The molecule has 0 unspecified atom stereocenters. The standard InChI is InChI=1S/C20H22N4O2S/c1-13-5-10-17(14(2)11-13)21-18(25)12-27-20-23-22-19(24(20)3)15-6-8-16(26-4)9-7-15/h5-11H,12H2,1-4H3,(H,21,25). The lowest BCUT2D eigenvalue weighted by molar-refractivity contribution is -0.113. The van der Waals surface area contributed by atoms with Gasteiger partial charge in [0.1, 0.15) is 5.75 Å². The number of benzene rings is 2. The van der Waals surface area contributed by atoms with Gasteiger partial charge in [0, 0.05) is 18.3 Å². The SMILES string of the molecule is COc1ccc(-c2nnc(SCC(=O)Nc3ccc(C)cc3C)n2C)cc1. The van der Waals surface area contributed by atoms with E-state index in [-0.39, 0.29) is 11.7 Å².